The third-order valence-corrected chi connectivity index (χ3v) is 5.99. The minimum absolute atomic E-state index is 0.119. The fourth-order valence-electron chi connectivity index (χ4n) is 4.26. The van der Waals surface area contributed by atoms with E-state index in [1.165, 1.54) is 48.5 Å². The molecule has 0 unspecified atom stereocenters. The van der Waals surface area contributed by atoms with E-state index < -0.39 is 0 Å². The maximum absolute atomic E-state index is 12.9. The molecule has 3 heterocycles. The molecule has 8 heteroatoms. The van der Waals surface area contributed by atoms with Crippen molar-refractivity contribution in [2.45, 2.75) is 32.2 Å². The summed E-state index contributed by atoms with van der Waals surface area (Å²) in [7, 11) is 0. The van der Waals surface area contributed by atoms with Gasteiger partial charge in [-0.15, -0.1) is 0 Å². The van der Waals surface area contributed by atoms with Gasteiger partial charge in [0.15, 0.2) is 5.65 Å². The first-order chi connectivity index (χ1) is 16.2. The zero-order valence-electron chi connectivity index (χ0n) is 18.4. The first-order valence-electron chi connectivity index (χ1n) is 11.3. The molecular weight excluding hydrogens is 416 g/mol. The standard InChI is InChI=1S/C25H26N6O2/c32-23(28-19-10-12-20(13-11-19)29-14-6-1-2-7-15-29)17-30-18-26-24-22(25(30)33)16-27-31(24)21-8-4-3-5-9-21/h3-5,8-13,16,18H,1-2,6-7,14-15,17H2,(H,28,32). The summed E-state index contributed by atoms with van der Waals surface area (Å²) in [5.41, 5.74) is 2.87. The van der Waals surface area contributed by atoms with Crippen molar-refractivity contribution in [3.05, 3.63) is 77.5 Å². The van der Waals surface area contributed by atoms with Gasteiger partial charge < -0.3 is 10.2 Å². The second kappa shape index (κ2) is 9.28. The molecule has 8 nitrogen and oxygen atoms in total. The molecule has 1 aliphatic heterocycles. The van der Waals surface area contributed by atoms with E-state index in [9.17, 15) is 9.59 Å². The van der Waals surface area contributed by atoms with Gasteiger partial charge in [0.25, 0.3) is 5.56 Å². The number of anilines is 2. The summed E-state index contributed by atoms with van der Waals surface area (Å²) in [4.78, 5) is 32.3. The Balaban J connectivity index is 1.28. The molecule has 5 rings (SSSR count). The zero-order chi connectivity index (χ0) is 22.6. The van der Waals surface area contributed by atoms with Gasteiger partial charge in [-0.1, -0.05) is 31.0 Å². The Hall–Kier alpha value is -3.94. The number of aromatic nitrogens is 4. The van der Waals surface area contributed by atoms with Gasteiger partial charge in [0.1, 0.15) is 18.3 Å². The predicted octanol–water partition coefficient (Wildman–Crippen LogP) is 3.60. The molecule has 0 atom stereocenters. The van der Waals surface area contributed by atoms with Crippen LogP contribution in [0.25, 0.3) is 16.7 Å². The van der Waals surface area contributed by atoms with Crippen LogP contribution in [0.4, 0.5) is 11.4 Å². The summed E-state index contributed by atoms with van der Waals surface area (Å²) in [6.07, 6.45) is 7.91. The molecule has 1 saturated heterocycles. The minimum atomic E-state index is -0.297. The van der Waals surface area contributed by atoms with Crippen molar-refractivity contribution < 1.29 is 4.79 Å². The van der Waals surface area contributed by atoms with Crippen LogP contribution in [-0.2, 0) is 11.3 Å². The molecule has 33 heavy (non-hydrogen) atoms. The second-order valence-electron chi connectivity index (χ2n) is 8.30. The van der Waals surface area contributed by atoms with Gasteiger partial charge in [-0.2, -0.15) is 5.10 Å². The summed E-state index contributed by atoms with van der Waals surface area (Å²) < 4.78 is 2.92. The van der Waals surface area contributed by atoms with Crippen LogP contribution in [0, 0.1) is 0 Å². The Morgan fingerprint density at radius 2 is 1.64 bits per heavy atom. The second-order valence-corrected chi connectivity index (χ2v) is 8.30. The molecular formula is C25H26N6O2. The lowest BCUT2D eigenvalue weighted by molar-refractivity contribution is -0.116. The number of amides is 1. The Labute approximate surface area is 191 Å². The van der Waals surface area contributed by atoms with E-state index in [0.29, 0.717) is 16.7 Å². The number of hydrogen-bond acceptors (Lipinski definition) is 5. The molecule has 1 amide bonds. The average molecular weight is 443 g/mol. The van der Waals surface area contributed by atoms with E-state index in [4.69, 9.17) is 0 Å². The van der Waals surface area contributed by atoms with Crippen molar-refractivity contribution in [2.24, 2.45) is 0 Å². The average Bonchev–Trinajstić information content (AvgIpc) is 3.09. The fraction of sp³-hybridized carbons (Fsp3) is 0.280. The van der Waals surface area contributed by atoms with Crippen molar-refractivity contribution in [1.29, 1.82) is 0 Å². The number of nitrogens with one attached hydrogen (secondary N) is 1. The van der Waals surface area contributed by atoms with Crippen LogP contribution < -0.4 is 15.8 Å². The van der Waals surface area contributed by atoms with Crippen LogP contribution >= 0.6 is 0 Å². The molecule has 2 aromatic carbocycles. The summed E-state index contributed by atoms with van der Waals surface area (Å²) in [5, 5.41) is 7.55. The topological polar surface area (TPSA) is 85.0 Å². The number of carbonyl (C=O) groups excluding carboxylic acids is 1. The molecule has 0 radical (unpaired) electrons. The van der Waals surface area contributed by atoms with Crippen molar-refractivity contribution in [1.82, 2.24) is 19.3 Å². The van der Waals surface area contributed by atoms with Crippen molar-refractivity contribution in [3.8, 4) is 5.69 Å². The quantitative estimate of drug-likeness (QED) is 0.510. The highest BCUT2D eigenvalue weighted by molar-refractivity contribution is 5.91. The summed E-state index contributed by atoms with van der Waals surface area (Å²) in [6, 6.07) is 17.4. The smallest absolute Gasteiger partial charge is 0.264 e. The first kappa shape index (κ1) is 20.9. The summed E-state index contributed by atoms with van der Waals surface area (Å²) in [5.74, 6) is -0.281. The van der Waals surface area contributed by atoms with Crippen molar-refractivity contribution in [3.63, 3.8) is 0 Å². The molecule has 0 spiro atoms. The van der Waals surface area contributed by atoms with Crippen LogP contribution in [0.3, 0.4) is 0 Å². The highest BCUT2D eigenvalue weighted by Gasteiger charge is 2.14. The number of benzene rings is 2. The molecule has 0 saturated carbocycles. The lowest BCUT2D eigenvalue weighted by Crippen LogP contribution is -2.28. The predicted molar refractivity (Wildman–Crippen MR) is 129 cm³/mol. The number of para-hydroxylation sites is 1. The van der Waals surface area contributed by atoms with Crippen LogP contribution in [0.1, 0.15) is 25.7 Å². The summed E-state index contributed by atoms with van der Waals surface area (Å²) in [6.45, 7) is 2.03. The van der Waals surface area contributed by atoms with Crippen molar-refractivity contribution in [2.75, 3.05) is 23.3 Å². The number of fused-ring (bicyclic) bond motifs is 1. The van der Waals surface area contributed by atoms with Gasteiger partial charge in [0.05, 0.1) is 11.9 Å². The Morgan fingerprint density at radius 1 is 0.909 bits per heavy atom. The van der Waals surface area contributed by atoms with Gasteiger partial charge in [0.2, 0.25) is 5.91 Å². The monoisotopic (exact) mass is 442 g/mol. The van der Waals surface area contributed by atoms with Crippen LogP contribution in [0.2, 0.25) is 0 Å². The summed E-state index contributed by atoms with van der Waals surface area (Å²) >= 11 is 0. The Kier molecular flexibility index (Phi) is 5.89. The molecule has 0 bridgehead atoms. The highest BCUT2D eigenvalue weighted by atomic mass is 16.2. The van der Waals surface area contributed by atoms with Gasteiger partial charge in [-0.3, -0.25) is 14.2 Å². The largest absolute Gasteiger partial charge is 0.372 e. The third-order valence-electron chi connectivity index (χ3n) is 5.99. The van der Waals surface area contributed by atoms with E-state index in [-0.39, 0.29) is 18.0 Å². The van der Waals surface area contributed by atoms with Crippen LogP contribution in [0.5, 0.6) is 0 Å². The molecule has 1 fully saturated rings. The number of carbonyl (C=O) groups is 1. The number of rotatable bonds is 5. The van der Waals surface area contributed by atoms with Gasteiger partial charge in [0, 0.05) is 24.5 Å². The van der Waals surface area contributed by atoms with Gasteiger partial charge in [-0.05, 0) is 49.2 Å². The van der Waals surface area contributed by atoms with Gasteiger partial charge in [-0.25, -0.2) is 9.67 Å². The van der Waals surface area contributed by atoms with E-state index in [1.807, 2.05) is 54.6 Å². The maximum atomic E-state index is 12.9. The Morgan fingerprint density at radius 3 is 2.36 bits per heavy atom. The Bertz CT molecular complexity index is 1300. The number of nitrogens with zero attached hydrogens (tertiary/aromatic N) is 5. The maximum Gasteiger partial charge on any atom is 0.264 e. The normalized spacial score (nSPS) is 14.2. The van der Waals surface area contributed by atoms with Crippen LogP contribution in [0.15, 0.2) is 71.9 Å². The van der Waals surface area contributed by atoms with Gasteiger partial charge >= 0.3 is 0 Å². The minimum Gasteiger partial charge on any atom is -0.372 e. The zero-order valence-corrected chi connectivity index (χ0v) is 18.4. The van der Waals surface area contributed by atoms with Crippen molar-refractivity contribution >= 4 is 28.3 Å². The number of hydrogen-bond donors (Lipinski definition) is 1. The van der Waals surface area contributed by atoms with Crippen LogP contribution in [-0.4, -0.2) is 38.3 Å². The SMILES string of the molecule is O=C(Cn1cnc2c(cnn2-c2ccccc2)c1=O)Nc1ccc(N2CCCCCC2)cc1. The third kappa shape index (κ3) is 4.50. The molecule has 1 N–H and O–H groups in total. The molecule has 168 valence electrons. The highest BCUT2D eigenvalue weighted by Crippen LogP contribution is 2.21. The lowest BCUT2D eigenvalue weighted by Gasteiger charge is -2.22. The lowest BCUT2D eigenvalue weighted by atomic mass is 10.2. The fourth-order valence-corrected chi connectivity index (χ4v) is 4.26. The molecule has 2 aromatic heterocycles. The molecule has 0 aliphatic carbocycles. The first-order valence-corrected chi connectivity index (χ1v) is 11.3. The van der Waals surface area contributed by atoms with E-state index in [1.54, 1.807) is 4.68 Å². The van der Waals surface area contributed by atoms with E-state index in [0.717, 1.165) is 18.8 Å². The molecule has 1 aliphatic rings. The molecule has 4 aromatic rings. The van der Waals surface area contributed by atoms with E-state index >= 15 is 0 Å². The van der Waals surface area contributed by atoms with E-state index in [2.05, 4.69) is 20.3 Å².